The molecular formula is C15H17FN2O4S. The molecule has 1 N–H and O–H groups in total. The van der Waals surface area contributed by atoms with Crippen LogP contribution in [0.2, 0.25) is 0 Å². The SMILES string of the molecule is COc1cc(CNc2ccc(F)c(S(C)(=O)=O)c2)cc(OC)n1. The molecule has 0 amide bonds. The van der Waals surface area contributed by atoms with Crippen LogP contribution in [-0.4, -0.2) is 33.9 Å². The zero-order chi connectivity index (χ0) is 17.0. The summed E-state index contributed by atoms with van der Waals surface area (Å²) in [7, 11) is -0.631. The Morgan fingerprint density at radius 3 is 2.26 bits per heavy atom. The highest BCUT2D eigenvalue weighted by Crippen LogP contribution is 2.22. The second kappa shape index (κ2) is 6.82. The number of pyridine rings is 1. The average molecular weight is 340 g/mol. The van der Waals surface area contributed by atoms with Crippen molar-refractivity contribution in [3.8, 4) is 11.8 Å². The van der Waals surface area contributed by atoms with Crippen molar-refractivity contribution in [2.45, 2.75) is 11.4 Å². The lowest BCUT2D eigenvalue weighted by molar-refractivity contribution is 0.364. The topological polar surface area (TPSA) is 77.5 Å². The fraction of sp³-hybridized carbons (Fsp3) is 0.267. The fourth-order valence-electron chi connectivity index (χ4n) is 1.94. The minimum atomic E-state index is -3.63. The minimum absolute atomic E-state index is 0.340. The monoisotopic (exact) mass is 340 g/mol. The van der Waals surface area contributed by atoms with Gasteiger partial charge >= 0.3 is 0 Å². The molecule has 0 fully saturated rings. The van der Waals surface area contributed by atoms with Crippen molar-refractivity contribution in [1.29, 1.82) is 0 Å². The zero-order valence-electron chi connectivity index (χ0n) is 13.0. The van der Waals surface area contributed by atoms with E-state index in [-0.39, 0.29) is 4.90 Å². The van der Waals surface area contributed by atoms with Crippen LogP contribution in [0.15, 0.2) is 35.2 Å². The smallest absolute Gasteiger partial charge is 0.216 e. The van der Waals surface area contributed by atoms with Gasteiger partial charge < -0.3 is 14.8 Å². The van der Waals surface area contributed by atoms with Crippen molar-refractivity contribution in [1.82, 2.24) is 4.98 Å². The van der Waals surface area contributed by atoms with Crippen LogP contribution in [0, 0.1) is 5.82 Å². The quantitative estimate of drug-likeness (QED) is 0.869. The zero-order valence-corrected chi connectivity index (χ0v) is 13.8. The van der Waals surface area contributed by atoms with Crippen LogP contribution in [0.25, 0.3) is 0 Å². The molecule has 1 heterocycles. The first-order valence-electron chi connectivity index (χ1n) is 6.66. The molecular weight excluding hydrogens is 323 g/mol. The van der Waals surface area contributed by atoms with Gasteiger partial charge in [-0.05, 0) is 23.8 Å². The maximum absolute atomic E-state index is 13.6. The van der Waals surface area contributed by atoms with Crippen molar-refractivity contribution in [3.05, 3.63) is 41.7 Å². The maximum Gasteiger partial charge on any atom is 0.216 e. The van der Waals surface area contributed by atoms with Gasteiger partial charge in [-0.2, -0.15) is 4.98 Å². The third kappa shape index (κ3) is 4.32. The Bertz CT molecular complexity index is 787. The van der Waals surface area contributed by atoms with Gasteiger partial charge in [-0.1, -0.05) is 0 Å². The van der Waals surface area contributed by atoms with Crippen LogP contribution in [0.1, 0.15) is 5.56 Å². The van der Waals surface area contributed by atoms with Crippen molar-refractivity contribution >= 4 is 15.5 Å². The first-order valence-corrected chi connectivity index (χ1v) is 8.55. The number of anilines is 1. The van der Waals surface area contributed by atoms with E-state index in [1.807, 2.05) is 0 Å². The predicted octanol–water partition coefficient (Wildman–Crippen LogP) is 2.25. The van der Waals surface area contributed by atoms with Gasteiger partial charge in [-0.25, -0.2) is 12.8 Å². The van der Waals surface area contributed by atoms with Crippen LogP contribution in [-0.2, 0) is 16.4 Å². The van der Waals surface area contributed by atoms with Crippen LogP contribution < -0.4 is 14.8 Å². The van der Waals surface area contributed by atoms with Crippen molar-refractivity contribution in [3.63, 3.8) is 0 Å². The van der Waals surface area contributed by atoms with E-state index in [2.05, 4.69) is 10.3 Å². The number of methoxy groups -OCH3 is 2. The minimum Gasteiger partial charge on any atom is -0.481 e. The Kier molecular flexibility index (Phi) is 5.05. The number of halogens is 1. The van der Waals surface area contributed by atoms with E-state index in [4.69, 9.17) is 9.47 Å². The lowest BCUT2D eigenvalue weighted by Crippen LogP contribution is -2.05. The van der Waals surface area contributed by atoms with Gasteiger partial charge in [0, 0.05) is 30.6 Å². The third-order valence-electron chi connectivity index (χ3n) is 3.08. The molecule has 1 aromatic heterocycles. The molecule has 0 bridgehead atoms. The van der Waals surface area contributed by atoms with Gasteiger partial charge in [0.25, 0.3) is 0 Å². The van der Waals surface area contributed by atoms with Crippen LogP contribution in [0.5, 0.6) is 11.8 Å². The van der Waals surface area contributed by atoms with Crippen molar-refractivity contribution < 1.29 is 22.3 Å². The highest BCUT2D eigenvalue weighted by Gasteiger charge is 2.14. The number of sulfone groups is 1. The molecule has 0 unspecified atom stereocenters. The van der Waals surface area contributed by atoms with Crippen LogP contribution in [0.4, 0.5) is 10.1 Å². The standard InChI is InChI=1S/C15H17FN2O4S/c1-21-14-6-10(7-15(18-14)22-2)9-17-11-4-5-12(16)13(8-11)23(3,19)20/h4-8,17H,9H2,1-3H3. The van der Waals surface area contributed by atoms with E-state index in [0.29, 0.717) is 24.0 Å². The van der Waals surface area contributed by atoms with E-state index in [9.17, 15) is 12.8 Å². The molecule has 0 aliphatic heterocycles. The summed E-state index contributed by atoms with van der Waals surface area (Å²) in [6.07, 6.45) is 0.966. The molecule has 0 radical (unpaired) electrons. The number of ether oxygens (including phenoxy) is 2. The predicted molar refractivity (Wildman–Crippen MR) is 84.2 cm³/mol. The molecule has 0 saturated carbocycles. The number of rotatable bonds is 6. The number of aromatic nitrogens is 1. The van der Waals surface area contributed by atoms with E-state index < -0.39 is 15.7 Å². The number of hydrogen-bond acceptors (Lipinski definition) is 6. The maximum atomic E-state index is 13.6. The summed E-state index contributed by atoms with van der Waals surface area (Å²) in [5.41, 5.74) is 1.31. The molecule has 6 nitrogen and oxygen atoms in total. The largest absolute Gasteiger partial charge is 0.481 e. The number of nitrogens with zero attached hydrogens (tertiary/aromatic N) is 1. The summed E-state index contributed by atoms with van der Waals surface area (Å²) in [6, 6.07) is 7.29. The Morgan fingerprint density at radius 2 is 1.74 bits per heavy atom. The molecule has 2 aromatic rings. The van der Waals surface area contributed by atoms with Crippen molar-refractivity contribution in [2.24, 2.45) is 0 Å². The van der Waals surface area contributed by atoms with E-state index in [1.165, 1.54) is 26.4 Å². The molecule has 23 heavy (non-hydrogen) atoms. The van der Waals surface area contributed by atoms with E-state index >= 15 is 0 Å². The summed E-state index contributed by atoms with van der Waals surface area (Å²) in [5.74, 6) is 0.0273. The van der Waals surface area contributed by atoms with E-state index in [1.54, 1.807) is 12.1 Å². The van der Waals surface area contributed by atoms with Gasteiger partial charge in [0.15, 0.2) is 9.84 Å². The molecule has 8 heteroatoms. The first kappa shape index (κ1) is 17.0. The summed E-state index contributed by atoms with van der Waals surface area (Å²) in [4.78, 5) is 3.74. The molecule has 1 aromatic carbocycles. The summed E-state index contributed by atoms with van der Waals surface area (Å²) in [6.45, 7) is 0.365. The highest BCUT2D eigenvalue weighted by molar-refractivity contribution is 7.90. The van der Waals surface area contributed by atoms with Gasteiger partial charge in [0.1, 0.15) is 10.7 Å². The third-order valence-corrected chi connectivity index (χ3v) is 4.20. The Balaban J connectivity index is 2.21. The average Bonchev–Trinajstić information content (AvgIpc) is 2.52. The number of hydrogen-bond donors (Lipinski definition) is 1. The second-order valence-corrected chi connectivity index (χ2v) is 6.82. The summed E-state index contributed by atoms with van der Waals surface area (Å²) < 4.78 is 46.8. The van der Waals surface area contributed by atoms with E-state index in [0.717, 1.165) is 17.9 Å². The van der Waals surface area contributed by atoms with Gasteiger partial charge in [0.05, 0.1) is 14.2 Å². The second-order valence-electron chi connectivity index (χ2n) is 4.83. The Labute approximate surface area is 134 Å². The molecule has 2 rings (SSSR count). The highest BCUT2D eigenvalue weighted by atomic mass is 32.2. The molecule has 0 aliphatic carbocycles. The van der Waals surface area contributed by atoms with Crippen LogP contribution in [0.3, 0.4) is 0 Å². The first-order chi connectivity index (χ1) is 10.8. The molecule has 0 atom stereocenters. The molecule has 0 aliphatic rings. The normalized spacial score (nSPS) is 11.1. The fourth-order valence-corrected chi connectivity index (χ4v) is 2.71. The number of nitrogens with one attached hydrogen (secondary N) is 1. The van der Waals surface area contributed by atoms with Gasteiger partial charge in [-0.3, -0.25) is 0 Å². The lowest BCUT2D eigenvalue weighted by atomic mass is 10.2. The number of benzene rings is 1. The lowest BCUT2D eigenvalue weighted by Gasteiger charge is -2.10. The van der Waals surface area contributed by atoms with Gasteiger partial charge in [0.2, 0.25) is 11.8 Å². The Morgan fingerprint density at radius 1 is 1.13 bits per heavy atom. The molecule has 124 valence electrons. The van der Waals surface area contributed by atoms with Crippen molar-refractivity contribution in [2.75, 3.05) is 25.8 Å². The van der Waals surface area contributed by atoms with Gasteiger partial charge in [-0.15, -0.1) is 0 Å². The van der Waals surface area contributed by atoms with Crippen LogP contribution >= 0.6 is 0 Å². The Hall–Kier alpha value is -2.35. The molecule has 0 saturated heterocycles. The summed E-state index contributed by atoms with van der Waals surface area (Å²) in [5, 5.41) is 3.03. The molecule has 0 spiro atoms. The summed E-state index contributed by atoms with van der Waals surface area (Å²) >= 11 is 0.